The van der Waals surface area contributed by atoms with Gasteiger partial charge in [-0.25, -0.2) is 8.42 Å². The first kappa shape index (κ1) is 19.8. The highest BCUT2D eigenvalue weighted by atomic mass is 32.2. The van der Waals surface area contributed by atoms with Crippen LogP contribution in [0.5, 0.6) is 5.75 Å². The van der Waals surface area contributed by atoms with Gasteiger partial charge in [-0.15, -0.1) is 4.83 Å². The van der Waals surface area contributed by atoms with Crippen molar-refractivity contribution in [3.8, 4) is 5.75 Å². The number of sulfonamides is 1. The molecule has 1 heterocycles. The van der Waals surface area contributed by atoms with Crippen molar-refractivity contribution >= 4 is 27.5 Å². The molecular weight excluding hydrogens is 382 g/mol. The SMILES string of the molecule is Cc1ccccc1OCC(=O)NNS(=O)(=O)c1ccc(N2CCCC2=O)cc1. The number of hydrazine groups is 1. The molecule has 1 fully saturated rings. The number of carbonyl (C=O) groups is 2. The van der Waals surface area contributed by atoms with Gasteiger partial charge in [0.1, 0.15) is 5.75 Å². The van der Waals surface area contributed by atoms with Crippen LogP contribution in [-0.2, 0) is 19.6 Å². The Morgan fingerprint density at radius 1 is 1.14 bits per heavy atom. The van der Waals surface area contributed by atoms with Crippen LogP contribution in [0.4, 0.5) is 5.69 Å². The Labute approximate surface area is 163 Å². The lowest BCUT2D eigenvalue weighted by atomic mass is 10.2. The number of anilines is 1. The van der Waals surface area contributed by atoms with Gasteiger partial charge in [-0.3, -0.25) is 15.0 Å². The third kappa shape index (κ3) is 4.68. The summed E-state index contributed by atoms with van der Waals surface area (Å²) in [5, 5.41) is 0. The third-order valence-electron chi connectivity index (χ3n) is 4.31. The number of carbonyl (C=O) groups excluding carboxylic acids is 2. The Kier molecular flexibility index (Phi) is 5.96. The lowest BCUT2D eigenvalue weighted by Crippen LogP contribution is -2.43. The van der Waals surface area contributed by atoms with Crippen LogP contribution in [0.2, 0.25) is 0 Å². The van der Waals surface area contributed by atoms with Crippen LogP contribution in [0.15, 0.2) is 53.4 Å². The number of hydrogen-bond acceptors (Lipinski definition) is 5. The van der Waals surface area contributed by atoms with Gasteiger partial charge in [-0.2, -0.15) is 0 Å². The summed E-state index contributed by atoms with van der Waals surface area (Å²) in [6.07, 6.45) is 1.29. The van der Waals surface area contributed by atoms with Crippen molar-refractivity contribution in [2.45, 2.75) is 24.7 Å². The average Bonchev–Trinajstić information content (AvgIpc) is 3.12. The van der Waals surface area contributed by atoms with Crippen LogP contribution in [-0.4, -0.2) is 33.4 Å². The van der Waals surface area contributed by atoms with Gasteiger partial charge in [-0.05, 0) is 49.2 Å². The van der Waals surface area contributed by atoms with E-state index in [4.69, 9.17) is 4.74 Å². The van der Waals surface area contributed by atoms with E-state index in [2.05, 4.69) is 5.43 Å². The number of aryl methyl sites for hydroxylation is 1. The zero-order valence-corrected chi connectivity index (χ0v) is 16.2. The Morgan fingerprint density at radius 3 is 2.50 bits per heavy atom. The number of nitrogens with one attached hydrogen (secondary N) is 2. The number of para-hydroxylation sites is 1. The summed E-state index contributed by atoms with van der Waals surface area (Å²) in [5.41, 5.74) is 3.64. The molecule has 28 heavy (non-hydrogen) atoms. The van der Waals surface area contributed by atoms with E-state index in [0.717, 1.165) is 12.0 Å². The highest BCUT2D eigenvalue weighted by Gasteiger charge is 2.22. The smallest absolute Gasteiger partial charge is 0.272 e. The number of ether oxygens (including phenoxy) is 1. The summed E-state index contributed by atoms with van der Waals surface area (Å²) in [4.78, 5) is 27.2. The molecule has 0 unspecified atom stereocenters. The number of amides is 2. The molecule has 2 aromatic carbocycles. The molecule has 0 spiro atoms. The van der Waals surface area contributed by atoms with Crippen molar-refractivity contribution in [3.63, 3.8) is 0 Å². The van der Waals surface area contributed by atoms with E-state index in [-0.39, 0.29) is 17.4 Å². The molecule has 2 aromatic rings. The summed E-state index contributed by atoms with van der Waals surface area (Å²) in [7, 11) is -3.94. The minimum absolute atomic E-state index is 0.0228. The van der Waals surface area contributed by atoms with Crippen LogP contribution in [0.1, 0.15) is 18.4 Å². The monoisotopic (exact) mass is 403 g/mol. The van der Waals surface area contributed by atoms with Gasteiger partial charge in [0.05, 0.1) is 4.90 Å². The number of hydrogen-bond donors (Lipinski definition) is 2. The minimum atomic E-state index is -3.94. The van der Waals surface area contributed by atoms with Crippen molar-refractivity contribution in [2.75, 3.05) is 18.1 Å². The van der Waals surface area contributed by atoms with Crippen LogP contribution in [0, 0.1) is 6.92 Å². The average molecular weight is 403 g/mol. The van der Waals surface area contributed by atoms with E-state index in [1.54, 1.807) is 29.2 Å². The summed E-state index contributed by atoms with van der Waals surface area (Å²) in [5.74, 6) is -0.0617. The fourth-order valence-electron chi connectivity index (χ4n) is 2.81. The molecule has 1 saturated heterocycles. The third-order valence-corrected chi connectivity index (χ3v) is 5.57. The Bertz CT molecular complexity index is 973. The first-order chi connectivity index (χ1) is 13.4. The van der Waals surface area contributed by atoms with E-state index in [9.17, 15) is 18.0 Å². The zero-order valence-electron chi connectivity index (χ0n) is 15.3. The molecule has 2 amide bonds. The summed E-state index contributed by atoms with van der Waals surface area (Å²) >= 11 is 0. The van der Waals surface area contributed by atoms with E-state index in [1.165, 1.54) is 12.1 Å². The highest BCUT2D eigenvalue weighted by molar-refractivity contribution is 7.89. The molecule has 9 heteroatoms. The molecule has 0 atom stereocenters. The molecule has 0 aliphatic carbocycles. The maximum absolute atomic E-state index is 12.3. The fraction of sp³-hybridized carbons (Fsp3) is 0.263. The van der Waals surface area contributed by atoms with E-state index < -0.39 is 15.9 Å². The molecular formula is C19H21N3O5S. The van der Waals surface area contributed by atoms with Crippen LogP contribution in [0.3, 0.4) is 0 Å². The van der Waals surface area contributed by atoms with Gasteiger partial charge in [0.2, 0.25) is 5.91 Å². The molecule has 0 bridgehead atoms. The quantitative estimate of drug-likeness (QED) is 0.682. The first-order valence-electron chi connectivity index (χ1n) is 8.76. The standard InChI is InChI=1S/C19H21N3O5S/c1-14-5-2-3-6-17(14)27-13-18(23)20-21-28(25,26)16-10-8-15(9-11-16)22-12-4-7-19(22)24/h2-3,5-6,8-11,21H,4,7,12-13H2,1H3,(H,20,23). The summed E-state index contributed by atoms with van der Waals surface area (Å²) in [6.45, 7) is 2.14. The molecule has 2 N–H and O–H groups in total. The van der Waals surface area contributed by atoms with E-state index in [0.29, 0.717) is 24.4 Å². The molecule has 1 aliphatic heterocycles. The normalized spacial score (nSPS) is 14.2. The lowest BCUT2D eigenvalue weighted by molar-refractivity contribution is -0.123. The van der Waals surface area contributed by atoms with E-state index >= 15 is 0 Å². The van der Waals surface area contributed by atoms with Crippen LogP contribution >= 0.6 is 0 Å². The first-order valence-corrected chi connectivity index (χ1v) is 10.2. The lowest BCUT2D eigenvalue weighted by Gasteiger charge is -2.16. The second kappa shape index (κ2) is 8.41. The van der Waals surface area contributed by atoms with Crippen molar-refractivity contribution < 1.29 is 22.7 Å². The number of nitrogens with zero attached hydrogens (tertiary/aromatic N) is 1. The predicted octanol–water partition coefficient (Wildman–Crippen LogP) is 1.51. The highest BCUT2D eigenvalue weighted by Crippen LogP contribution is 2.22. The maximum Gasteiger partial charge on any atom is 0.272 e. The molecule has 8 nitrogen and oxygen atoms in total. The van der Waals surface area contributed by atoms with E-state index in [1.807, 2.05) is 23.9 Å². The second-order valence-electron chi connectivity index (χ2n) is 6.35. The van der Waals surface area contributed by atoms with Crippen LogP contribution < -0.4 is 19.9 Å². The summed E-state index contributed by atoms with van der Waals surface area (Å²) < 4.78 is 30.0. The van der Waals surface area contributed by atoms with Crippen molar-refractivity contribution in [1.82, 2.24) is 10.3 Å². The molecule has 3 rings (SSSR count). The topological polar surface area (TPSA) is 105 Å². The van der Waals surface area contributed by atoms with Crippen molar-refractivity contribution in [1.29, 1.82) is 0 Å². The molecule has 148 valence electrons. The molecule has 1 aliphatic rings. The summed E-state index contributed by atoms with van der Waals surface area (Å²) in [6, 6.07) is 13.1. The molecule has 0 aromatic heterocycles. The minimum Gasteiger partial charge on any atom is -0.483 e. The van der Waals surface area contributed by atoms with Gasteiger partial charge in [0.15, 0.2) is 6.61 Å². The number of benzene rings is 2. The Hall–Kier alpha value is -2.91. The van der Waals surface area contributed by atoms with Gasteiger partial charge in [0.25, 0.3) is 15.9 Å². The maximum atomic E-state index is 12.3. The fourth-order valence-corrected chi connectivity index (χ4v) is 3.67. The number of rotatable bonds is 7. The van der Waals surface area contributed by atoms with Gasteiger partial charge in [-0.1, -0.05) is 18.2 Å². The largest absolute Gasteiger partial charge is 0.483 e. The van der Waals surface area contributed by atoms with Gasteiger partial charge in [0, 0.05) is 18.7 Å². The zero-order chi connectivity index (χ0) is 20.1. The van der Waals surface area contributed by atoms with Gasteiger partial charge < -0.3 is 9.64 Å². The molecule has 0 radical (unpaired) electrons. The van der Waals surface area contributed by atoms with Crippen LogP contribution in [0.25, 0.3) is 0 Å². The predicted molar refractivity (Wildman–Crippen MR) is 103 cm³/mol. The Morgan fingerprint density at radius 2 is 1.86 bits per heavy atom. The van der Waals surface area contributed by atoms with Crippen molar-refractivity contribution in [2.24, 2.45) is 0 Å². The second-order valence-corrected chi connectivity index (χ2v) is 8.03. The van der Waals surface area contributed by atoms with Crippen molar-refractivity contribution in [3.05, 3.63) is 54.1 Å². The van der Waals surface area contributed by atoms with Gasteiger partial charge >= 0.3 is 0 Å². The molecule has 0 saturated carbocycles. The Balaban J connectivity index is 1.55.